The fourth-order valence-electron chi connectivity index (χ4n) is 4.61. The van der Waals surface area contributed by atoms with Crippen molar-refractivity contribution in [2.45, 2.75) is 25.8 Å². The number of fused-ring (bicyclic) bond motifs is 1. The molecule has 252 valence electrons. The van der Waals surface area contributed by atoms with E-state index in [-0.39, 0.29) is 35.5 Å². The molecule has 0 fully saturated rings. The van der Waals surface area contributed by atoms with Crippen LogP contribution < -0.4 is 21.1 Å². The number of rotatable bonds is 7. The molecule has 48 heavy (non-hydrogen) atoms. The van der Waals surface area contributed by atoms with Crippen LogP contribution >= 0.6 is 11.3 Å². The molecule has 2 amide bonds. The maximum atomic E-state index is 14.5. The van der Waals surface area contributed by atoms with Crippen LogP contribution in [0.1, 0.15) is 31.9 Å². The molecule has 5 aromatic rings. The van der Waals surface area contributed by atoms with Crippen molar-refractivity contribution < 1.29 is 49.4 Å². The Balaban J connectivity index is 0.000000312. The van der Waals surface area contributed by atoms with E-state index in [0.29, 0.717) is 38.3 Å². The topological polar surface area (TPSA) is 93.4 Å². The van der Waals surface area contributed by atoms with E-state index in [2.05, 4.69) is 5.32 Å². The molecular weight excluding hydrogens is 670 g/mol. The zero-order valence-corrected chi connectivity index (χ0v) is 25.8. The molecule has 4 aromatic carbocycles. The number of alkyl halides is 6. The van der Waals surface area contributed by atoms with Gasteiger partial charge >= 0.3 is 12.4 Å². The van der Waals surface area contributed by atoms with Gasteiger partial charge in [-0.25, -0.2) is 8.78 Å². The summed E-state index contributed by atoms with van der Waals surface area (Å²) < 4.78 is 108. The summed E-state index contributed by atoms with van der Waals surface area (Å²) in [6.07, 6.45) is -9.00. The predicted molar refractivity (Wildman–Crippen MR) is 167 cm³/mol. The molecule has 0 aliphatic carbocycles. The van der Waals surface area contributed by atoms with E-state index in [0.717, 1.165) is 35.1 Å². The van der Waals surface area contributed by atoms with Gasteiger partial charge in [-0.3, -0.25) is 9.59 Å². The Labute approximate surface area is 272 Å². The molecule has 0 unspecified atom stereocenters. The molecule has 0 saturated heterocycles. The largest absolute Gasteiger partial charge is 0.496 e. The molecule has 0 aliphatic rings. The Morgan fingerprint density at radius 3 is 2.23 bits per heavy atom. The molecule has 1 heterocycles. The third kappa shape index (κ3) is 8.09. The van der Waals surface area contributed by atoms with Crippen LogP contribution in [0.3, 0.4) is 0 Å². The molecule has 0 atom stereocenters. The van der Waals surface area contributed by atoms with Crippen LogP contribution in [0.25, 0.3) is 21.2 Å². The molecule has 1 aromatic heterocycles. The third-order valence-electron chi connectivity index (χ3n) is 6.95. The molecule has 15 heteroatoms. The smallest absolute Gasteiger partial charge is 0.419 e. The molecule has 4 N–H and O–H groups in total. The summed E-state index contributed by atoms with van der Waals surface area (Å²) in [6, 6.07) is 14.9. The quantitative estimate of drug-likeness (QED) is 0.117. The van der Waals surface area contributed by atoms with Gasteiger partial charge in [0.15, 0.2) is 0 Å². The first-order valence-electron chi connectivity index (χ1n) is 13.7. The van der Waals surface area contributed by atoms with Crippen molar-refractivity contribution in [3.63, 3.8) is 0 Å². The summed E-state index contributed by atoms with van der Waals surface area (Å²) in [6.45, 7) is 1.95. The standard InChI is InChI=1S/C25H20F4N2O2S.C8H5F4NO/c1-13-23(17-6-5-16(25(27,28)29)11-22(17)34-13)31-24(32)19-10-15(4-8-21(19)33-2)18-9-14(12-30)3-7-20(18)26;9-7-2-1-5(13-4-14)3-6(7)8(10,11)12/h3-11H,12,30H2,1-2H3,(H,31,32);1-4H,(H,13,14). The van der Waals surface area contributed by atoms with Gasteiger partial charge in [0, 0.05) is 32.8 Å². The van der Waals surface area contributed by atoms with Crippen molar-refractivity contribution >= 4 is 45.1 Å². The fourth-order valence-corrected chi connectivity index (χ4v) is 5.66. The van der Waals surface area contributed by atoms with Gasteiger partial charge in [0.1, 0.15) is 17.4 Å². The molecular formula is C33H25F8N3O3S. The van der Waals surface area contributed by atoms with Gasteiger partial charge in [-0.1, -0.05) is 18.2 Å². The molecule has 0 saturated carbocycles. The minimum Gasteiger partial charge on any atom is -0.496 e. The van der Waals surface area contributed by atoms with Crippen LogP contribution in [0.4, 0.5) is 46.5 Å². The van der Waals surface area contributed by atoms with E-state index in [1.54, 1.807) is 31.2 Å². The van der Waals surface area contributed by atoms with Crippen LogP contribution in [0, 0.1) is 18.6 Å². The third-order valence-corrected chi connectivity index (χ3v) is 8.02. The molecule has 0 radical (unpaired) electrons. The summed E-state index contributed by atoms with van der Waals surface area (Å²) >= 11 is 1.15. The number of thiophene rings is 1. The Kier molecular flexibility index (Phi) is 10.7. The van der Waals surface area contributed by atoms with Crippen LogP contribution in [0.15, 0.2) is 72.8 Å². The summed E-state index contributed by atoms with van der Waals surface area (Å²) in [5.74, 6) is -2.09. The number of benzene rings is 4. The highest BCUT2D eigenvalue weighted by Gasteiger charge is 2.34. The number of hydrogen-bond acceptors (Lipinski definition) is 5. The summed E-state index contributed by atoms with van der Waals surface area (Å²) in [5, 5.41) is 5.30. The van der Waals surface area contributed by atoms with Crippen LogP contribution in [-0.2, 0) is 23.7 Å². The Morgan fingerprint density at radius 1 is 0.896 bits per heavy atom. The van der Waals surface area contributed by atoms with Crippen molar-refractivity contribution in [3.8, 4) is 16.9 Å². The van der Waals surface area contributed by atoms with E-state index in [4.69, 9.17) is 10.5 Å². The van der Waals surface area contributed by atoms with Crippen LogP contribution in [-0.4, -0.2) is 19.4 Å². The first kappa shape index (κ1) is 35.8. The van der Waals surface area contributed by atoms with Crippen molar-refractivity contribution in [1.82, 2.24) is 0 Å². The second-order valence-electron chi connectivity index (χ2n) is 10.1. The number of ether oxygens (including phenoxy) is 1. The lowest BCUT2D eigenvalue weighted by Gasteiger charge is -2.13. The number of carbonyl (C=O) groups excluding carboxylic acids is 2. The summed E-state index contributed by atoms with van der Waals surface area (Å²) in [4.78, 5) is 23.8. The molecule has 0 spiro atoms. The number of nitrogens with two attached hydrogens (primary N) is 1. The number of halogens is 8. The Bertz CT molecular complexity index is 1970. The van der Waals surface area contributed by atoms with Gasteiger partial charge in [-0.2, -0.15) is 26.3 Å². The lowest BCUT2D eigenvalue weighted by molar-refractivity contribution is -0.140. The van der Waals surface area contributed by atoms with E-state index in [9.17, 15) is 44.7 Å². The molecule has 0 aliphatic heterocycles. The average molecular weight is 696 g/mol. The maximum absolute atomic E-state index is 14.5. The zero-order valence-electron chi connectivity index (χ0n) is 24.9. The average Bonchev–Trinajstić information content (AvgIpc) is 3.35. The number of anilines is 2. The van der Waals surface area contributed by atoms with Gasteiger partial charge in [0.05, 0.1) is 29.5 Å². The number of aryl methyl sites for hydroxylation is 1. The number of amides is 2. The predicted octanol–water partition coefficient (Wildman–Crippen LogP) is 9.17. The number of hydrogen-bond donors (Lipinski definition) is 3. The molecule has 0 bridgehead atoms. The monoisotopic (exact) mass is 695 g/mol. The van der Waals surface area contributed by atoms with Crippen LogP contribution in [0.5, 0.6) is 5.75 Å². The van der Waals surface area contributed by atoms with Gasteiger partial charge in [-0.05, 0) is 72.6 Å². The second-order valence-corrected chi connectivity index (χ2v) is 11.3. The minimum absolute atomic E-state index is 0.103. The van der Waals surface area contributed by atoms with E-state index >= 15 is 0 Å². The Morgan fingerprint density at radius 2 is 1.60 bits per heavy atom. The lowest BCUT2D eigenvalue weighted by atomic mass is 9.99. The maximum Gasteiger partial charge on any atom is 0.419 e. The van der Waals surface area contributed by atoms with Crippen molar-refractivity contribution in [2.75, 3.05) is 17.7 Å². The zero-order chi connectivity index (χ0) is 35.4. The lowest BCUT2D eigenvalue weighted by Crippen LogP contribution is -2.14. The molecule has 6 nitrogen and oxygen atoms in total. The normalized spacial score (nSPS) is 11.5. The van der Waals surface area contributed by atoms with E-state index in [1.165, 1.54) is 25.3 Å². The van der Waals surface area contributed by atoms with Crippen molar-refractivity contribution in [1.29, 1.82) is 0 Å². The van der Waals surface area contributed by atoms with Crippen molar-refractivity contribution in [3.05, 3.63) is 112 Å². The van der Waals surface area contributed by atoms with Gasteiger partial charge < -0.3 is 21.1 Å². The minimum atomic E-state index is -4.76. The van der Waals surface area contributed by atoms with Gasteiger partial charge in [-0.15, -0.1) is 11.3 Å². The highest BCUT2D eigenvalue weighted by Crippen LogP contribution is 2.40. The highest BCUT2D eigenvalue weighted by molar-refractivity contribution is 7.19. The number of methoxy groups -OCH3 is 1. The van der Waals surface area contributed by atoms with Crippen LogP contribution in [0.2, 0.25) is 0 Å². The van der Waals surface area contributed by atoms with E-state index < -0.39 is 41.0 Å². The first-order chi connectivity index (χ1) is 22.6. The SMILES string of the molecule is COc1ccc(-c2cc(CN)ccc2F)cc1C(=O)Nc1c(C)sc2cc(C(F)(F)F)ccc12.O=CNc1ccc(F)c(C(F)(F)F)c1. The van der Waals surface area contributed by atoms with Crippen molar-refractivity contribution in [2.24, 2.45) is 5.73 Å². The van der Waals surface area contributed by atoms with Gasteiger partial charge in [0.25, 0.3) is 5.91 Å². The number of nitrogens with one attached hydrogen (secondary N) is 2. The summed E-state index contributed by atoms with van der Waals surface area (Å²) in [5.41, 5.74) is 5.47. The fraction of sp³-hybridized carbons (Fsp3) is 0.152. The second kappa shape index (κ2) is 14.4. The highest BCUT2D eigenvalue weighted by atomic mass is 32.1. The van der Waals surface area contributed by atoms with E-state index in [1.807, 2.05) is 5.32 Å². The first-order valence-corrected chi connectivity index (χ1v) is 14.5. The molecule has 5 rings (SSSR count). The number of carbonyl (C=O) groups is 2. The summed E-state index contributed by atoms with van der Waals surface area (Å²) in [7, 11) is 1.41. The van der Waals surface area contributed by atoms with Gasteiger partial charge in [0.2, 0.25) is 6.41 Å². The Hall–Kier alpha value is -5.02.